The van der Waals surface area contributed by atoms with Crippen molar-refractivity contribution in [1.29, 1.82) is 0 Å². The summed E-state index contributed by atoms with van der Waals surface area (Å²) >= 11 is 0. The topological polar surface area (TPSA) is 88.2 Å². The Hall–Kier alpha value is -3.00. The highest BCUT2D eigenvalue weighted by Gasteiger charge is 2.31. The van der Waals surface area contributed by atoms with Crippen LogP contribution in [0.25, 0.3) is 0 Å². The van der Waals surface area contributed by atoms with Gasteiger partial charge in [0.15, 0.2) is 11.8 Å². The third kappa shape index (κ3) is 6.24. The number of quaternary nitrogens is 1. The molecular formula is C23H33N4O4+. The van der Waals surface area contributed by atoms with Crippen LogP contribution in [0.3, 0.4) is 0 Å². The number of anilines is 1. The van der Waals surface area contributed by atoms with Crippen molar-refractivity contribution >= 4 is 17.5 Å². The van der Waals surface area contributed by atoms with E-state index in [-0.39, 0.29) is 6.04 Å². The van der Waals surface area contributed by atoms with Gasteiger partial charge in [-0.25, -0.2) is 0 Å². The van der Waals surface area contributed by atoms with E-state index < -0.39 is 11.8 Å². The Morgan fingerprint density at radius 1 is 1.06 bits per heavy atom. The van der Waals surface area contributed by atoms with Crippen molar-refractivity contribution in [3.05, 3.63) is 48.4 Å². The van der Waals surface area contributed by atoms with Crippen molar-refractivity contribution in [2.24, 2.45) is 5.92 Å². The molecule has 8 nitrogen and oxygen atoms in total. The second-order valence-electron chi connectivity index (χ2n) is 8.23. The molecule has 1 aliphatic heterocycles. The van der Waals surface area contributed by atoms with E-state index in [1.807, 2.05) is 38.1 Å². The number of methoxy groups -OCH3 is 1. The Bertz CT molecular complexity index is 828. The minimum Gasteiger partial charge on any atom is -0.497 e. The Labute approximate surface area is 183 Å². The van der Waals surface area contributed by atoms with Gasteiger partial charge in [0.2, 0.25) is 0 Å². The smallest absolute Gasteiger partial charge is 0.309 e. The van der Waals surface area contributed by atoms with Crippen molar-refractivity contribution in [3.8, 4) is 5.75 Å². The maximum absolute atomic E-state index is 12.2. The van der Waals surface area contributed by atoms with Gasteiger partial charge in [-0.3, -0.25) is 9.59 Å². The maximum Gasteiger partial charge on any atom is 0.309 e. The predicted molar refractivity (Wildman–Crippen MR) is 118 cm³/mol. The molecule has 1 aromatic heterocycles. The molecule has 8 heteroatoms. The third-order valence-corrected chi connectivity index (χ3v) is 5.57. The van der Waals surface area contributed by atoms with Crippen LogP contribution < -0.4 is 25.2 Å². The molecule has 3 N–H and O–H groups in total. The Balaban J connectivity index is 1.57. The van der Waals surface area contributed by atoms with Gasteiger partial charge in [-0.15, -0.1) is 0 Å². The fourth-order valence-corrected chi connectivity index (χ4v) is 3.78. The molecule has 168 valence electrons. The number of ether oxygens (including phenoxy) is 1. The van der Waals surface area contributed by atoms with Crippen LogP contribution in [-0.4, -0.2) is 58.2 Å². The molecular weight excluding hydrogens is 396 g/mol. The number of hydrogen-bond acceptors (Lipinski definition) is 5. The average molecular weight is 430 g/mol. The van der Waals surface area contributed by atoms with Gasteiger partial charge in [-0.1, -0.05) is 13.8 Å². The molecule has 0 aliphatic carbocycles. The molecule has 1 fully saturated rings. The molecule has 0 spiro atoms. The first-order valence-electron chi connectivity index (χ1n) is 10.8. The van der Waals surface area contributed by atoms with Gasteiger partial charge in [0.1, 0.15) is 5.75 Å². The third-order valence-electron chi connectivity index (χ3n) is 5.57. The molecule has 1 aromatic carbocycles. The van der Waals surface area contributed by atoms with Crippen molar-refractivity contribution in [2.45, 2.75) is 19.9 Å². The molecule has 31 heavy (non-hydrogen) atoms. The molecule has 1 aliphatic rings. The van der Waals surface area contributed by atoms with Gasteiger partial charge < -0.3 is 29.6 Å². The second kappa shape index (κ2) is 10.9. The lowest BCUT2D eigenvalue weighted by Crippen LogP contribution is -3.15. The Morgan fingerprint density at radius 3 is 2.26 bits per heavy atom. The fraction of sp³-hybridized carbons (Fsp3) is 0.478. The highest BCUT2D eigenvalue weighted by atomic mass is 16.5. The van der Waals surface area contributed by atoms with Crippen molar-refractivity contribution < 1.29 is 23.6 Å². The van der Waals surface area contributed by atoms with E-state index in [0.29, 0.717) is 19.0 Å². The predicted octanol–water partition coefficient (Wildman–Crippen LogP) is 0.623. The number of rotatable bonds is 8. The number of carbonyl (C=O) groups is 2. The van der Waals surface area contributed by atoms with E-state index in [9.17, 15) is 9.59 Å². The quantitative estimate of drug-likeness (QED) is 0.536. The summed E-state index contributed by atoms with van der Waals surface area (Å²) in [6, 6.07) is 11.8. The number of nitrogens with one attached hydrogen (secondary N) is 3. The van der Waals surface area contributed by atoms with Gasteiger partial charge in [0.25, 0.3) is 0 Å². The number of amides is 2. The SMILES string of the molecule is COc1ccc(N2CC[NH+]([C@@H](CNC(=O)C(=O)NCC(C)C)c3ccco3)CC2)cc1. The minimum atomic E-state index is -0.603. The Morgan fingerprint density at radius 2 is 1.71 bits per heavy atom. The summed E-state index contributed by atoms with van der Waals surface area (Å²) in [5.74, 6) is 0.758. The number of carbonyl (C=O) groups excluding carboxylic acids is 2. The van der Waals surface area contributed by atoms with Crippen molar-refractivity contribution in [2.75, 3.05) is 51.3 Å². The van der Waals surface area contributed by atoms with E-state index in [0.717, 1.165) is 37.7 Å². The lowest BCUT2D eigenvalue weighted by molar-refractivity contribution is -0.932. The fourth-order valence-electron chi connectivity index (χ4n) is 3.78. The number of benzene rings is 1. The summed E-state index contributed by atoms with van der Waals surface area (Å²) in [5.41, 5.74) is 1.17. The van der Waals surface area contributed by atoms with Crippen LogP contribution in [0.1, 0.15) is 25.6 Å². The number of piperazine rings is 1. The summed E-state index contributed by atoms with van der Waals surface area (Å²) in [6.07, 6.45) is 1.65. The van der Waals surface area contributed by atoms with Crippen LogP contribution in [0.2, 0.25) is 0 Å². The molecule has 1 atom stereocenters. The standard InChI is InChI=1S/C23H32N4O4/c1-17(2)15-24-22(28)23(29)25-16-20(21-5-4-14-31-21)27-12-10-26(11-13-27)18-6-8-19(30-3)9-7-18/h4-9,14,17,20H,10-13,15-16H2,1-3H3,(H,24,28)(H,25,29)/p+1/t20-/m0/s1. The lowest BCUT2D eigenvalue weighted by atomic mass is 10.1. The zero-order valence-electron chi connectivity index (χ0n) is 18.5. The minimum absolute atomic E-state index is 0.0464. The van der Waals surface area contributed by atoms with E-state index in [1.165, 1.54) is 10.6 Å². The van der Waals surface area contributed by atoms with Crippen LogP contribution in [0.4, 0.5) is 5.69 Å². The van der Waals surface area contributed by atoms with Crippen LogP contribution >= 0.6 is 0 Å². The first kappa shape index (κ1) is 22.7. The zero-order valence-corrected chi connectivity index (χ0v) is 18.5. The number of hydrogen-bond donors (Lipinski definition) is 3. The molecule has 2 heterocycles. The van der Waals surface area contributed by atoms with Gasteiger partial charge in [-0.05, 0) is 42.3 Å². The van der Waals surface area contributed by atoms with Crippen LogP contribution in [0.5, 0.6) is 5.75 Å². The van der Waals surface area contributed by atoms with Crippen LogP contribution in [-0.2, 0) is 9.59 Å². The highest BCUT2D eigenvalue weighted by Crippen LogP contribution is 2.19. The van der Waals surface area contributed by atoms with Crippen molar-refractivity contribution in [3.63, 3.8) is 0 Å². The molecule has 0 radical (unpaired) electrons. The first-order chi connectivity index (χ1) is 15.0. The maximum atomic E-state index is 12.2. The van der Waals surface area contributed by atoms with E-state index in [2.05, 4.69) is 27.7 Å². The summed E-state index contributed by atoms with van der Waals surface area (Å²) in [4.78, 5) is 27.9. The summed E-state index contributed by atoms with van der Waals surface area (Å²) < 4.78 is 10.9. The molecule has 0 bridgehead atoms. The monoisotopic (exact) mass is 429 g/mol. The molecule has 1 saturated heterocycles. The first-order valence-corrected chi connectivity index (χ1v) is 10.8. The highest BCUT2D eigenvalue weighted by molar-refractivity contribution is 6.35. The van der Waals surface area contributed by atoms with Gasteiger partial charge in [-0.2, -0.15) is 0 Å². The normalized spacial score (nSPS) is 15.5. The van der Waals surface area contributed by atoms with E-state index in [1.54, 1.807) is 13.4 Å². The molecule has 0 unspecified atom stereocenters. The largest absolute Gasteiger partial charge is 0.497 e. The second-order valence-corrected chi connectivity index (χ2v) is 8.23. The molecule has 2 amide bonds. The van der Waals surface area contributed by atoms with E-state index >= 15 is 0 Å². The van der Waals surface area contributed by atoms with Gasteiger partial charge in [0, 0.05) is 12.2 Å². The molecule has 0 saturated carbocycles. The van der Waals surface area contributed by atoms with Crippen LogP contribution in [0.15, 0.2) is 47.1 Å². The Kier molecular flexibility index (Phi) is 7.94. The molecule has 2 aromatic rings. The zero-order chi connectivity index (χ0) is 22.2. The number of furan rings is 1. The summed E-state index contributed by atoms with van der Waals surface area (Å²) in [7, 11) is 1.67. The molecule has 3 rings (SSSR count). The van der Waals surface area contributed by atoms with Gasteiger partial charge in [0.05, 0.1) is 46.1 Å². The average Bonchev–Trinajstić information content (AvgIpc) is 3.32. The van der Waals surface area contributed by atoms with E-state index in [4.69, 9.17) is 9.15 Å². The van der Waals surface area contributed by atoms with Gasteiger partial charge >= 0.3 is 11.8 Å². The van der Waals surface area contributed by atoms with Crippen LogP contribution in [0, 0.1) is 5.92 Å². The summed E-state index contributed by atoms with van der Waals surface area (Å²) in [6.45, 7) is 8.37. The lowest BCUT2D eigenvalue weighted by Gasteiger charge is -2.37. The number of nitrogens with zero attached hydrogens (tertiary/aromatic N) is 1. The summed E-state index contributed by atoms with van der Waals surface area (Å²) in [5, 5.41) is 5.44. The van der Waals surface area contributed by atoms with Crippen molar-refractivity contribution in [1.82, 2.24) is 10.6 Å².